The number of hydrogen-bond donors (Lipinski definition) is 3. The number of nitrogens with zero attached hydrogens (tertiary/aromatic N) is 1. The molecule has 0 heterocycles. The van der Waals surface area contributed by atoms with Crippen molar-refractivity contribution in [3.05, 3.63) is 89.2 Å². The molecule has 0 saturated heterocycles. The van der Waals surface area contributed by atoms with E-state index < -0.39 is 23.7 Å². The zero-order valence-electron chi connectivity index (χ0n) is 21.1. The predicted octanol–water partition coefficient (Wildman–Crippen LogP) is 3.86. The van der Waals surface area contributed by atoms with E-state index in [9.17, 15) is 9.59 Å². The minimum Gasteiger partial charge on any atom is -0.490 e. The van der Waals surface area contributed by atoms with Crippen LogP contribution in [0, 0.1) is 5.82 Å². The average molecular weight is 524 g/mol. The number of carbonyl (C=O) groups excluding carboxylic acids is 2. The van der Waals surface area contributed by atoms with Crippen molar-refractivity contribution in [3.63, 3.8) is 0 Å². The number of esters is 1. The van der Waals surface area contributed by atoms with Crippen LogP contribution in [0.2, 0.25) is 0 Å². The van der Waals surface area contributed by atoms with E-state index in [0.29, 0.717) is 16.8 Å². The van der Waals surface area contributed by atoms with E-state index in [1.165, 1.54) is 6.07 Å². The lowest BCUT2D eigenvalue weighted by molar-refractivity contribution is -0.144. The van der Waals surface area contributed by atoms with Crippen LogP contribution in [0.25, 0.3) is 0 Å². The molecule has 0 aromatic heterocycles. The van der Waals surface area contributed by atoms with Gasteiger partial charge in [-0.3, -0.25) is 4.79 Å². The highest BCUT2D eigenvalue weighted by atomic mass is 19.1. The first-order chi connectivity index (χ1) is 18.4. The number of anilines is 1. The number of amides is 1. The number of halogens is 1. The van der Waals surface area contributed by atoms with E-state index in [1.54, 1.807) is 68.4 Å². The van der Waals surface area contributed by atoms with Crippen molar-refractivity contribution in [3.8, 4) is 11.5 Å². The van der Waals surface area contributed by atoms with Crippen molar-refractivity contribution in [2.45, 2.75) is 19.9 Å². The van der Waals surface area contributed by atoms with Gasteiger partial charge in [0, 0.05) is 28.4 Å². The molecule has 0 unspecified atom stereocenters. The Bertz CT molecular complexity index is 1270. The maximum atomic E-state index is 15.2. The number of amidine groups is 1. The Morgan fingerprint density at radius 2 is 1.66 bits per heavy atom. The summed E-state index contributed by atoms with van der Waals surface area (Å²) >= 11 is 0. The van der Waals surface area contributed by atoms with E-state index in [4.69, 9.17) is 25.1 Å². The normalized spacial score (nSPS) is 11.9. The second-order valence-corrected chi connectivity index (χ2v) is 7.90. The molecule has 0 fully saturated rings. The summed E-state index contributed by atoms with van der Waals surface area (Å²) in [6.07, 6.45) is 0. The molecule has 1 atom stereocenters. The van der Waals surface area contributed by atoms with Crippen molar-refractivity contribution in [2.75, 3.05) is 31.7 Å². The lowest BCUT2D eigenvalue weighted by atomic mass is 10.0. The molecule has 200 valence electrons. The highest BCUT2D eigenvalue weighted by Gasteiger charge is 2.27. The van der Waals surface area contributed by atoms with E-state index in [0.717, 1.165) is 6.07 Å². The molecule has 1 amide bonds. The quantitative estimate of drug-likeness (QED) is 0.185. The molecule has 38 heavy (non-hydrogen) atoms. The van der Waals surface area contributed by atoms with E-state index >= 15 is 4.39 Å². The first kappa shape index (κ1) is 28.1. The summed E-state index contributed by atoms with van der Waals surface area (Å²) in [5.74, 6) is -1.54. The number of hydrogen-bond acceptors (Lipinski definition) is 7. The fourth-order valence-electron chi connectivity index (χ4n) is 3.52. The molecule has 3 rings (SSSR count). The third-order valence-electron chi connectivity index (χ3n) is 5.28. The molecular weight excluding hydrogens is 493 g/mol. The third kappa shape index (κ3) is 7.30. The Morgan fingerprint density at radius 1 is 0.974 bits per heavy atom. The van der Waals surface area contributed by atoms with Gasteiger partial charge in [-0.05, 0) is 56.3 Å². The Kier molecular flexibility index (Phi) is 10.2. The number of aliphatic hydroxyl groups is 1. The molecular formula is C28H30FN3O6. The summed E-state index contributed by atoms with van der Waals surface area (Å²) in [6, 6.07) is 16.3. The maximum absolute atomic E-state index is 15.2. The number of carbonyl (C=O) groups is 2. The molecule has 0 aliphatic heterocycles. The maximum Gasteiger partial charge on any atom is 0.333 e. The summed E-state index contributed by atoms with van der Waals surface area (Å²) in [5.41, 5.74) is 7.37. The molecule has 0 aliphatic carbocycles. The molecule has 3 aromatic rings. The largest absolute Gasteiger partial charge is 0.490 e. The highest BCUT2D eigenvalue weighted by molar-refractivity contribution is 6.08. The van der Waals surface area contributed by atoms with Gasteiger partial charge in [0.15, 0.2) is 17.5 Å². The zero-order valence-corrected chi connectivity index (χ0v) is 21.1. The van der Waals surface area contributed by atoms with Gasteiger partial charge in [0.05, 0.1) is 19.8 Å². The van der Waals surface area contributed by atoms with Crippen LogP contribution in [0.3, 0.4) is 0 Å². The number of ether oxygens (including phenoxy) is 3. The van der Waals surface area contributed by atoms with Crippen molar-refractivity contribution in [1.29, 1.82) is 0 Å². The molecule has 4 N–H and O–H groups in total. The standard InChI is InChI=1S/C28H30FN3O6/c1-3-36-23-16-21(22(29)17-24(23)38-15-14-33)25(28(35)37-4-2)31-20-12-10-18(11-13-20)26(30)32-27(34)19-8-6-5-7-9-19/h5-13,16-17,25,31,33H,3-4,14-15H2,1-2H3,(H2,30,32,34)/t25-/m0/s1. The van der Waals surface area contributed by atoms with Crippen LogP contribution in [0.4, 0.5) is 10.1 Å². The Labute approximate surface area is 220 Å². The van der Waals surface area contributed by atoms with Gasteiger partial charge < -0.3 is 30.4 Å². The van der Waals surface area contributed by atoms with Crippen molar-refractivity contribution >= 4 is 23.4 Å². The molecule has 0 spiro atoms. The Morgan fingerprint density at radius 3 is 2.29 bits per heavy atom. The number of aliphatic hydroxyl groups excluding tert-OH is 1. The first-order valence-electron chi connectivity index (χ1n) is 12.0. The molecule has 3 aromatic carbocycles. The van der Waals surface area contributed by atoms with Crippen LogP contribution < -0.4 is 20.5 Å². The van der Waals surface area contributed by atoms with Gasteiger partial charge in [-0.1, -0.05) is 18.2 Å². The number of nitrogens with two attached hydrogens (primary N) is 1. The van der Waals surface area contributed by atoms with E-state index in [-0.39, 0.29) is 49.3 Å². The van der Waals surface area contributed by atoms with Crippen LogP contribution in [-0.4, -0.2) is 49.2 Å². The number of nitrogens with one attached hydrogen (secondary N) is 1. The minimum atomic E-state index is -1.21. The van der Waals surface area contributed by atoms with Crippen LogP contribution >= 0.6 is 0 Å². The first-order valence-corrected chi connectivity index (χ1v) is 12.0. The average Bonchev–Trinajstić information content (AvgIpc) is 2.92. The molecule has 0 bridgehead atoms. The van der Waals surface area contributed by atoms with Crippen LogP contribution in [0.5, 0.6) is 11.5 Å². The summed E-state index contributed by atoms with van der Waals surface area (Å²) < 4.78 is 31.3. The Hall–Kier alpha value is -4.44. The molecule has 0 saturated carbocycles. The van der Waals surface area contributed by atoms with Gasteiger partial charge in [0.25, 0.3) is 5.91 Å². The van der Waals surface area contributed by atoms with E-state index in [1.807, 2.05) is 0 Å². The topological polar surface area (TPSA) is 132 Å². The third-order valence-corrected chi connectivity index (χ3v) is 5.28. The van der Waals surface area contributed by atoms with Gasteiger partial charge in [-0.2, -0.15) is 4.99 Å². The lowest BCUT2D eigenvalue weighted by Crippen LogP contribution is -2.25. The summed E-state index contributed by atoms with van der Waals surface area (Å²) in [7, 11) is 0. The molecule has 0 aliphatic rings. The highest BCUT2D eigenvalue weighted by Crippen LogP contribution is 2.35. The number of benzene rings is 3. The van der Waals surface area contributed by atoms with Gasteiger partial charge in [0.1, 0.15) is 18.3 Å². The SMILES string of the molecule is CCOC(=O)[C@@H](Nc1ccc(/C(N)=N/C(=O)c2ccccc2)cc1)c1cc(OCC)c(OCCO)cc1F. The second-order valence-electron chi connectivity index (χ2n) is 7.90. The fourth-order valence-corrected chi connectivity index (χ4v) is 3.52. The minimum absolute atomic E-state index is 0.0122. The van der Waals surface area contributed by atoms with E-state index in [2.05, 4.69) is 10.3 Å². The van der Waals surface area contributed by atoms with Crippen LogP contribution in [-0.2, 0) is 9.53 Å². The van der Waals surface area contributed by atoms with Gasteiger partial charge in [-0.25, -0.2) is 9.18 Å². The summed E-state index contributed by atoms with van der Waals surface area (Å²) in [5, 5.41) is 12.0. The molecule has 10 heteroatoms. The van der Waals surface area contributed by atoms with Crippen molar-refractivity contribution in [1.82, 2.24) is 0 Å². The zero-order chi connectivity index (χ0) is 27.5. The monoisotopic (exact) mass is 523 g/mol. The van der Waals surface area contributed by atoms with Crippen molar-refractivity contribution in [2.24, 2.45) is 10.7 Å². The number of aliphatic imine (C=N–C) groups is 1. The van der Waals surface area contributed by atoms with Crippen molar-refractivity contribution < 1.29 is 33.3 Å². The molecule has 0 radical (unpaired) electrons. The smallest absolute Gasteiger partial charge is 0.333 e. The number of rotatable bonds is 12. The van der Waals surface area contributed by atoms with Crippen LogP contribution in [0.1, 0.15) is 41.4 Å². The van der Waals surface area contributed by atoms with Gasteiger partial charge in [-0.15, -0.1) is 0 Å². The van der Waals surface area contributed by atoms with Crippen LogP contribution in [0.15, 0.2) is 71.7 Å². The van der Waals surface area contributed by atoms with Gasteiger partial charge >= 0.3 is 5.97 Å². The summed E-state index contributed by atoms with van der Waals surface area (Å²) in [4.78, 5) is 29.1. The predicted molar refractivity (Wildman–Crippen MR) is 141 cm³/mol. The fraction of sp³-hybridized carbons (Fsp3) is 0.250. The molecule has 9 nitrogen and oxygen atoms in total. The Balaban J connectivity index is 1.87. The summed E-state index contributed by atoms with van der Waals surface area (Å²) in [6.45, 7) is 3.47. The second kappa shape index (κ2) is 13.8. The van der Waals surface area contributed by atoms with Gasteiger partial charge in [0.2, 0.25) is 0 Å². The lowest BCUT2D eigenvalue weighted by Gasteiger charge is -2.21.